The van der Waals surface area contributed by atoms with Crippen LogP contribution in [0.1, 0.15) is 11.4 Å². The molecule has 27 heavy (non-hydrogen) atoms. The third-order valence-corrected chi connectivity index (χ3v) is 4.58. The molecule has 0 bridgehead atoms. The van der Waals surface area contributed by atoms with Gasteiger partial charge in [-0.3, -0.25) is 9.48 Å². The summed E-state index contributed by atoms with van der Waals surface area (Å²) in [6.07, 6.45) is 3.09. The first-order valence-corrected chi connectivity index (χ1v) is 8.76. The summed E-state index contributed by atoms with van der Waals surface area (Å²) in [5.41, 5.74) is 1.94. The fourth-order valence-electron chi connectivity index (χ4n) is 3.15. The van der Waals surface area contributed by atoms with Gasteiger partial charge in [0, 0.05) is 38.6 Å². The van der Waals surface area contributed by atoms with Crippen LogP contribution in [0.2, 0.25) is 0 Å². The molecular weight excluding hydrogens is 348 g/mol. The van der Waals surface area contributed by atoms with Gasteiger partial charge in [0.2, 0.25) is 5.91 Å². The van der Waals surface area contributed by atoms with Gasteiger partial charge in [-0.2, -0.15) is 19.7 Å². The van der Waals surface area contributed by atoms with E-state index in [1.165, 1.54) is 11.2 Å². The number of fused-ring (bicyclic) bond motifs is 2. The highest BCUT2D eigenvalue weighted by Gasteiger charge is 2.26. The van der Waals surface area contributed by atoms with Crippen molar-refractivity contribution in [3.63, 3.8) is 0 Å². The number of carbonyl (C=O) groups is 1. The monoisotopic (exact) mass is 370 g/mol. The van der Waals surface area contributed by atoms with Crippen LogP contribution in [0.15, 0.2) is 24.7 Å². The van der Waals surface area contributed by atoms with Crippen molar-refractivity contribution < 1.29 is 9.53 Å². The second-order valence-electron chi connectivity index (χ2n) is 6.83. The lowest BCUT2D eigenvalue weighted by atomic mass is 10.3. The minimum Gasteiger partial charge on any atom is -0.365 e. The summed E-state index contributed by atoms with van der Waals surface area (Å²) >= 11 is 0. The van der Waals surface area contributed by atoms with Gasteiger partial charge in [-0.1, -0.05) is 0 Å². The molecule has 1 aliphatic heterocycles. The molecule has 1 atom stereocenters. The molecule has 4 rings (SSSR count). The smallest absolute Gasteiger partial charge is 0.254 e. The van der Waals surface area contributed by atoms with E-state index in [2.05, 4.69) is 25.1 Å². The van der Waals surface area contributed by atoms with Crippen LogP contribution in [-0.4, -0.2) is 73.5 Å². The summed E-state index contributed by atoms with van der Waals surface area (Å²) in [4.78, 5) is 24.2. The Morgan fingerprint density at radius 2 is 2.19 bits per heavy atom. The van der Waals surface area contributed by atoms with Crippen LogP contribution in [-0.2, 0) is 22.6 Å². The number of anilines is 1. The van der Waals surface area contributed by atoms with Crippen molar-refractivity contribution in [2.75, 3.05) is 32.1 Å². The molecule has 3 aromatic rings. The van der Waals surface area contributed by atoms with Crippen LogP contribution >= 0.6 is 0 Å². The third-order valence-electron chi connectivity index (χ3n) is 4.58. The molecule has 0 fully saturated rings. The van der Waals surface area contributed by atoms with E-state index >= 15 is 0 Å². The first-order valence-electron chi connectivity index (χ1n) is 8.76. The van der Waals surface area contributed by atoms with Gasteiger partial charge in [0.25, 0.3) is 5.78 Å². The minimum absolute atomic E-state index is 0.0379. The fourth-order valence-corrected chi connectivity index (χ4v) is 3.15. The number of aryl methyl sites for hydroxylation is 1. The number of hydrogen-bond donors (Lipinski definition) is 0. The average molecular weight is 370 g/mol. The van der Waals surface area contributed by atoms with Gasteiger partial charge in [-0.15, -0.1) is 0 Å². The molecule has 0 aromatic carbocycles. The number of likely N-dealkylation sites (N-methyl/N-ethyl adjacent to an activating group) is 1. The molecule has 4 heterocycles. The van der Waals surface area contributed by atoms with Crippen LogP contribution in [0.25, 0.3) is 5.78 Å². The van der Waals surface area contributed by atoms with E-state index in [0.717, 1.165) is 17.2 Å². The number of carbonyl (C=O) groups excluding carboxylic acids is 1. The van der Waals surface area contributed by atoms with Crippen LogP contribution in [0, 0.1) is 6.92 Å². The molecule has 1 amide bonds. The van der Waals surface area contributed by atoms with Gasteiger partial charge >= 0.3 is 0 Å². The van der Waals surface area contributed by atoms with Gasteiger partial charge in [0.05, 0.1) is 24.9 Å². The van der Waals surface area contributed by atoms with Crippen LogP contribution in [0.5, 0.6) is 0 Å². The lowest BCUT2D eigenvalue weighted by Crippen LogP contribution is -2.37. The summed E-state index contributed by atoms with van der Waals surface area (Å²) in [7, 11) is 3.44. The number of ether oxygens (including phenoxy) is 1. The Bertz CT molecular complexity index is 963. The first kappa shape index (κ1) is 17.4. The Kier molecular flexibility index (Phi) is 4.48. The lowest BCUT2D eigenvalue weighted by Gasteiger charge is -2.26. The van der Waals surface area contributed by atoms with Crippen LogP contribution < -0.4 is 4.90 Å². The molecule has 0 spiro atoms. The van der Waals surface area contributed by atoms with Crippen molar-refractivity contribution in [1.29, 1.82) is 0 Å². The van der Waals surface area contributed by atoms with Gasteiger partial charge in [0.15, 0.2) is 0 Å². The molecule has 1 unspecified atom stereocenters. The molecule has 0 aliphatic carbocycles. The normalized spacial score (nSPS) is 17.0. The highest BCUT2D eigenvalue weighted by Crippen LogP contribution is 2.22. The summed E-state index contributed by atoms with van der Waals surface area (Å²) in [5.74, 6) is 1.38. The zero-order valence-corrected chi connectivity index (χ0v) is 15.6. The number of aromatic nitrogens is 6. The summed E-state index contributed by atoms with van der Waals surface area (Å²) in [6.45, 7) is 3.81. The third kappa shape index (κ3) is 3.47. The zero-order chi connectivity index (χ0) is 19.0. The molecule has 10 nitrogen and oxygen atoms in total. The van der Waals surface area contributed by atoms with E-state index in [-0.39, 0.29) is 18.6 Å². The number of nitrogens with zero attached hydrogens (tertiary/aromatic N) is 8. The van der Waals surface area contributed by atoms with E-state index < -0.39 is 0 Å². The van der Waals surface area contributed by atoms with Gasteiger partial charge in [-0.25, -0.2) is 4.98 Å². The van der Waals surface area contributed by atoms with Gasteiger partial charge < -0.3 is 14.5 Å². The van der Waals surface area contributed by atoms with E-state index in [4.69, 9.17) is 4.74 Å². The molecule has 142 valence electrons. The van der Waals surface area contributed by atoms with E-state index in [1.54, 1.807) is 24.8 Å². The molecule has 0 N–H and O–H groups in total. The molecule has 1 aliphatic rings. The average Bonchev–Trinajstić information content (AvgIpc) is 3.23. The SMILES string of the molecule is Cc1cc(N2Cc3ccnn3CC(OCC(=O)N(C)C)C2)n2ncnc2n1. The van der Waals surface area contributed by atoms with Crippen molar-refractivity contribution >= 4 is 17.5 Å². The summed E-state index contributed by atoms with van der Waals surface area (Å²) < 4.78 is 9.58. The van der Waals surface area contributed by atoms with E-state index in [0.29, 0.717) is 25.4 Å². The standard InChI is InChI=1S/C17H22N8O2/c1-12-6-15(25-17(21-12)18-11-20-25)23-7-13-4-5-19-24(13)9-14(8-23)27-10-16(26)22(2)3/h4-6,11,14H,7-10H2,1-3H3. The molecule has 3 aromatic heterocycles. The number of hydrogen-bond acceptors (Lipinski definition) is 7. The van der Waals surface area contributed by atoms with Crippen molar-refractivity contribution in [3.05, 3.63) is 36.0 Å². The molecular formula is C17H22N8O2. The largest absolute Gasteiger partial charge is 0.365 e. The predicted molar refractivity (Wildman–Crippen MR) is 97.2 cm³/mol. The number of rotatable bonds is 4. The van der Waals surface area contributed by atoms with E-state index in [1.807, 2.05) is 23.7 Å². The van der Waals surface area contributed by atoms with Crippen molar-refractivity contribution in [3.8, 4) is 0 Å². The van der Waals surface area contributed by atoms with Crippen molar-refractivity contribution in [2.24, 2.45) is 0 Å². The van der Waals surface area contributed by atoms with Crippen molar-refractivity contribution in [1.82, 2.24) is 34.3 Å². The second kappa shape index (κ2) is 6.95. The first-order chi connectivity index (χ1) is 13.0. The van der Waals surface area contributed by atoms with Crippen molar-refractivity contribution in [2.45, 2.75) is 26.1 Å². The predicted octanol–water partition coefficient (Wildman–Crippen LogP) is 0.123. The maximum Gasteiger partial charge on any atom is 0.254 e. The van der Waals surface area contributed by atoms with E-state index in [9.17, 15) is 4.79 Å². The Labute approximate surface area is 156 Å². The lowest BCUT2D eigenvalue weighted by molar-refractivity contribution is -0.135. The van der Waals surface area contributed by atoms with Crippen LogP contribution in [0.3, 0.4) is 0 Å². The Hall–Kier alpha value is -3.01. The number of amides is 1. The minimum atomic E-state index is -0.193. The second-order valence-corrected chi connectivity index (χ2v) is 6.83. The Balaban J connectivity index is 1.65. The highest BCUT2D eigenvalue weighted by molar-refractivity contribution is 5.76. The molecule has 10 heteroatoms. The Morgan fingerprint density at radius 3 is 3.00 bits per heavy atom. The van der Waals surface area contributed by atoms with Gasteiger partial charge in [-0.05, 0) is 13.0 Å². The molecule has 0 saturated carbocycles. The maximum atomic E-state index is 11.9. The molecule has 0 saturated heterocycles. The van der Waals surface area contributed by atoms with Gasteiger partial charge in [0.1, 0.15) is 18.8 Å². The summed E-state index contributed by atoms with van der Waals surface area (Å²) in [6, 6.07) is 3.97. The zero-order valence-electron chi connectivity index (χ0n) is 15.6. The maximum absolute atomic E-state index is 11.9. The summed E-state index contributed by atoms with van der Waals surface area (Å²) in [5, 5.41) is 8.70. The Morgan fingerprint density at radius 1 is 1.33 bits per heavy atom. The topological polar surface area (TPSA) is 93.7 Å². The quantitative estimate of drug-likeness (QED) is 0.644. The highest BCUT2D eigenvalue weighted by atomic mass is 16.5. The fraction of sp³-hybridized carbons (Fsp3) is 0.471. The molecule has 0 radical (unpaired) electrons. The van der Waals surface area contributed by atoms with Crippen LogP contribution in [0.4, 0.5) is 5.82 Å².